The summed E-state index contributed by atoms with van der Waals surface area (Å²) < 4.78 is 1.11. The Morgan fingerprint density at radius 2 is 2.23 bits per heavy atom. The number of hydrogen-bond acceptors (Lipinski definition) is 4. The molecule has 1 fully saturated rings. The zero-order valence-electron chi connectivity index (χ0n) is 17.3. The van der Waals surface area contributed by atoms with E-state index in [0.29, 0.717) is 32.1 Å². The van der Waals surface area contributed by atoms with Gasteiger partial charge in [-0.05, 0) is 0 Å². The average Bonchev–Trinajstić information content (AvgIpc) is 3.19. The third-order valence-corrected chi connectivity index (χ3v) is 7.75. The van der Waals surface area contributed by atoms with Gasteiger partial charge >= 0.3 is 193 Å². The van der Waals surface area contributed by atoms with Crippen LogP contribution in [0.25, 0.3) is 0 Å². The van der Waals surface area contributed by atoms with Gasteiger partial charge in [-0.1, -0.05) is 0 Å². The van der Waals surface area contributed by atoms with Gasteiger partial charge in [0.2, 0.25) is 0 Å². The molecule has 1 aromatic heterocycles. The topological polar surface area (TPSA) is 77.8 Å². The fraction of sp³-hybridized carbons (Fsp3) is 0.565. The first-order chi connectivity index (χ1) is 14.3. The van der Waals surface area contributed by atoms with Crippen molar-refractivity contribution in [2.45, 2.75) is 64.1 Å². The zero-order chi connectivity index (χ0) is 22.1. The average molecular weight is 492 g/mol. The first-order valence-electron chi connectivity index (χ1n) is 10.3. The van der Waals surface area contributed by atoms with E-state index in [1.807, 2.05) is 12.2 Å². The van der Waals surface area contributed by atoms with Gasteiger partial charge in [0.1, 0.15) is 0 Å². The molecule has 0 bridgehead atoms. The normalized spacial score (nSPS) is 24.5. The fourth-order valence-corrected chi connectivity index (χ4v) is 5.46. The van der Waals surface area contributed by atoms with Crippen LogP contribution >= 0.6 is 27.3 Å². The van der Waals surface area contributed by atoms with Crippen molar-refractivity contribution in [1.29, 1.82) is 0 Å². The van der Waals surface area contributed by atoms with Gasteiger partial charge in [0.05, 0.1) is 0 Å². The summed E-state index contributed by atoms with van der Waals surface area (Å²) in [5, 5.41) is 29.5. The fourth-order valence-electron chi connectivity index (χ4n) is 3.84. The maximum absolute atomic E-state index is 10.5. The number of rotatable bonds is 10. The number of hydrogen-bond donors (Lipinski definition) is 3. The molecule has 0 saturated heterocycles. The van der Waals surface area contributed by atoms with Crippen molar-refractivity contribution in [1.82, 2.24) is 0 Å². The minimum atomic E-state index is -0.810. The molecule has 1 aliphatic carbocycles. The van der Waals surface area contributed by atoms with Crippen LogP contribution in [0.3, 0.4) is 0 Å². The second-order valence-corrected chi connectivity index (χ2v) is 10.0. The van der Waals surface area contributed by atoms with Crippen LogP contribution in [0.2, 0.25) is 0 Å². The van der Waals surface area contributed by atoms with E-state index in [0.717, 1.165) is 10.9 Å². The van der Waals surface area contributed by atoms with E-state index in [4.69, 9.17) is 12.6 Å². The standard InChI is InChI=1S/C23H29BBrO4S/c1-15-21(25)13-18(30-15)10-8-17(26)9-11-19-16(14-24)12-22(27)20(19)6-4-2-3-5-7-23(28)29/h9,11,13-14,16-17,19-20,22,26-27H,3,5-8,10,12H2,1H3,(H,28,29)/b11-9+/t16-,17-,19-,20+,22?/m0/s1. The van der Waals surface area contributed by atoms with Crippen LogP contribution in [0.4, 0.5) is 0 Å². The van der Waals surface area contributed by atoms with Gasteiger partial charge in [-0.25, -0.2) is 0 Å². The van der Waals surface area contributed by atoms with E-state index < -0.39 is 18.2 Å². The quantitative estimate of drug-likeness (QED) is 0.201. The Hall–Kier alpha value is -1.20. The molecule has 2 rings (SSSR count). The van der Waals surface area contributed by atoms with Gasteiger partial charge in [-0.3, -0.25) is 0 Å². The molecule has 0 amide bonds. The zero-order valence-corrected chi connectivity index (χ0v) is 19.7. The van der Waals surface area contributed by atoms with Crippen molar-refractivity contribution in [3.8, 4) is 11.8 Å². The van der Waals surface area contributed by atoms with Crippen LogP contribution in [-0.4, -0.2) is 47.0 Å². The molecule has 30 heavy (non-hydrogen) atoms. The molecule has 1 radical (unpaired) electrons. The van der Waals surface area contributed by atoms with Crippen molar-refractivity contribution in [2.24, 2.45) is 17.8 Å². The van der Waals surface area contributed by atoms with Gasteiger partial charge in [0.15, 0.2) is 0 Å². The van der Waals surface area contributed by atoms with Gasteiger partial charge < -0.3 is 0 Å². The summed E-state index contributed by atoms with van der Waals surface area (Å²) in [6, 6.07) is 2.11. The Kier molecular flexibility index (Phi) is 10.5. The Morgan fingerprint density at radius 1 is 1.47 bits per heavy atom. The Balaban J connectivity index is 1.90. The molecule has 4 nitrogen and oxygen atoms in total. The molecule has 0 aromatic carbocycles. The van der Waals surface area contributed by atoms with Crippen molar-refractivity contribution in [3.63, 3.8) is 0 Å². The van der Waals surface area contributed by atoms with Crippen LogP contribution in [0.1, 0.15) is 48.3 Å². The first-order valence-corrected chi connectivity index (χ1v) is 11.9. The number of halogens is 1. The summed E-state index contributed by atoms with van der Waals surface area (Å²) >= 11 is 5.26. The Morgan fingerprint density at radius 3 is 2.87 bits per heavy atom. The minimum absolute atomic E-state index is 0.0334. The van der Waals surface area contributed by atoms with Gasteiger partial charge in [-0.15, -0.1) is 0 Å². The summed E-state index contributed by atoms with van der Waals surface area (Å²) in [7, 11) is 5.80. The molecule has 0 spiro atoms. The van der Waals surface area contributed by atoms with E-state index in [9.17, 15) is 15.0 Å². The second kappa shape index (κ2) is 12.6. The third-order valence-electron chi connectivity index (χ3n) is 5.55. The monoisotopic (exact) mass is 491 g/mol. The van der Waals surface area contributed by atoms with Crippen LogP contribution in [-0.2, 0) is 11.2 Å². The predicted octanol–water partition coefficient (Wildman–Crippen LogP) is 3.90. The molecule has 7 heteroatoms. The summed E-state index contributed by atoms with van der Waals surface area (Å²) in [6.07, 6.45) is 6.55. The van der Waals surface area contributed by atoms with Crippen molar-refractivity contribution in [3.05, 3.63) is 32.4 Å². The summed E-state index contributed by atoms with van der Waals surface area (Å²) in [6.45, 7) is 2.07. The summed E-state index contributed by atoms with van der Waals surface area (Å²) in [5.74, 6) is 6.97. The molecule has 161 valence electrons. The van der Waals surface area contributed by atoms with Crippen LogP contribution in [0, 0.1) is 36.5 Å². The molecular weight excluding hydrogens is 463 g/mol. The second-order valence-electron chi connectivity index (χ2n) is 7.81. The van der Waals surface area contributed by atoms with Crippen LogP contribution in [0.15, 0.2) is 22.7 Å². The molecule has 5 atom stereocenters. The van der Waals surface area contributed by atoms with E-state index in [-0.39, 0.29) is 24.2 Å². The molecule has 0 aliphatic heterocycles. The Labute approximate surface area is 192 Å². The van der Waals surface area contributed by atoms with Crippen LogP contribution < -0.4 is 0 Å². The van der Waals surface area contributed by atoms with E-state index in [2.05, 4.69) is 40.8 Å². The number of carboxylic acids is 1. The van der Waals surface area contributed by atoms with E-state index >= 15 is 0 Å². The number of thiophene rings is 1. The van der Waals surface area contributed by atoms with Crippen molar-refractivity contribution in [2.75, 3.05) is 0 Å². The molecular formula is C23H29BBrO4S. The van der Waals surface area contributed by atoms with E-state index in [1.54, 1.807) is 17.3 Å². The molecule has 1 unspecified atom stereocenters. The Bertz CT molecular complexity index is 790. The molecule has 1 heterocycles. The predicted molar refractivity (Wildman–Crippen MR) is 127 cm³/mol. The summed E-state index contributed by atoms with van der Waals surface area (Å²) in [4.78, 5) is 13.0. The summed E-state index contributed by atoms with van der Waals surface area (Å²) in [5.41, 5.74) is 0. The number of aliphatic hydroxyl groups is 2. The third kappa shape index (κ3) is 7.81. The maximum atomic E-state index is 10.5. The SMILES string of the molecule is [B]=C[C@@H]1CC(O)[C@H](CC#CCCCC(=O)O)[C@H]1/C=C/[C@@H](O)CCc1cc(Br)c(C)s1. The molecule has 3 N–H and O–H groups in total. The number of unbranched alkanes of at least 4 members (excludes halogenated alkanes) is 1. The van der Waals surface area contributed by atoms with Crippen molar-refractivity contribution < 1.29 is 20.1 Å². The first kappa shape index (κ1) is 25.1. The number of carboxylic acid groups (broad SMARTS) is 1. The number of aryl methyl sites for hydroxylation is 2. The van der Waals surface area contributed by atoms with Gasteiger partial charge in [0.25, 0.3) is 0 Å². The van der Waals surface area contributed by atoms with Gasteiger partial charge in [-0.2, -0.15) is 0 Å². The van der Waals surface area contributed by atoms with Crippen LogP contribution in [0.5, 0.6) is 0 Å². The molecule has 1 aliphatic rings. The number of carbonyl (C=O) groups is 1. The number of aliphatic carboxylic acids is 1. The number of aliphatic hydroxyl groups excluding tert-OH is 2. The van der Waals surface area contributed by atoms with Crippen molar-refractivity contribution >= 4 is 46.7 Å². The molecule has 1 aromatic rings. The van der Waals surface area contributed by atoms with Gasteiger partial charge in [0, 0.05) is 0 Å². The van der Waals surface area contributed by atoms with E-state index in [1.165, 1.54) is 9.75 Å². The molecule has 1 saturated carbocycles. The number of allylic oxidation sites excluding steroid dienone is 1.